The number of aromatic hydroxyl groups is 1. The molecule has 2 fully saturated rings. The van der Waals surface area contributed by atoms with Gasteiger partial charge in [0.25, 0.3) is 0 Å². The van der Waals surface area contributed by atoms with E-state index < -0.39 is 34.9 Å². The van der Waals surface area contributed by atoms with Crippen LogP contribution in [-0.2, 0) is 38.8 Å². The normalized spacial score (nSPS) is 27.6. The Bertz CT molecular complexity index is 1740. The lowest BCUT2D eigenvalue weighted by molar-refractivity contribution is -0.223. The quantitative estimate of drug-likeness (QED) is 0.254. The highest BCUT2D eigenvalue weighted by Crippen LogP contribution is 2.67. The molecule has 0 aromatic heterocycles. The van der Waals surface area contributed by atoms with Crippen molar-refractivity contribution in [2.45, 2.75) is 74.4 Å². The second-order valence-electron chi connectivity index (χ2n) is 13.2. The predicted molar refractivity (Wildman–Crippen MR) is 169 cm³/mol. The van der Waals surface area contributed by atoms with Gasteiger partial charge in [-0.2, -0.15) is 13.2 Å². The third kappa shape index (κ3) is 4.99. The Labute approximate surface area is 271 Å². The summed E-state index contributed by atoms with van der Waals surface area (Å²) in [7, 11) is 1.67. The van der Waals surface area contributed by atoms with Crippen LogP contribution >= 0.6 is 0 Å². The summed E-state index contributed by atoms with van der Waals surface area (Å²) in [6.45, 7) is 2.93. The van der Waals surface area contributed by atoms with E-state index in [9.17, 15) is 27.9 Å². The maximum Gasteiger partial charge on any atom is 0.416 e. The molecule has 1 amide bonds. The Morgan fingerprint density at radius 1 is 1.11 bits per heavy atom. The summed E-state index contributed by atoms with van der Waals surface area (Å²) < 4.78 is 53.0. The monoisotopic (exact) mass is 646 g/mol. The number of carbonyl (C=O) groups is 2. The number of nitrogens with zero attached hydrogens (tertiary/aromatic N) is 2. The molecule has 2 aliphatic heterocycles. The van der Waals surface area contributed by atoms with Crippen LogP contribution in [0.2, 0.25) is 0 Å². The number of amides is 1. The second kappa shape index (κ2) is 11.4. The zero-order chi connectivity index (χ0) is 33.1. The number of rotatable bonds is 7. The average Bonchev–Trinajstić information content (AvgIpc) is 3.40. The van der Waals surface area contributed by atoms with Crippen LogP contribution < -0.4 is 4.74 Å². The van der Waals surface area contributed by atoms with Crippen molar-refractivity contribution in [2.75, 3.05) is 20.1 Å². The highest BCUT2D eigenvalue weighted by atomic mass is 19.4. The highest BCUT2D eigenvalue weighted by Gasteiger charge is 2.75. The van der Waals surface area contributed by atoms with Crippen molar-refractivity contribution in [2.24, 2.45) is 0 Å². The van der Waals surface area contributed by atoms with Gasteiger partial charge in [0.15, 0.2) is 11.5 Å². The Kier molecular flexibility index (Phi) is 7.62. The van der Waals surface area contributed by atoms with E-state index in [1.807, 2.05) is 24.3 Å². The first-order chi connectivity index (χ1) is 22.4. The summed E-state index contributed by atoms with van der Waals surface area (Å²) in [5.41, 5.74) is 0.846. The zero-order valence-electron chi connectivity index (χ0n) is 26.3. The lowest BCUT2D eigenvalue weighted by Gasteiger charge is -2.65. The van der Waals surface area contributed by atoms with Crippen LogP contribution in [0.3, 0.4) is 0 Å². The minimum absolute atomic E-state index is 0.00591. The minimum atomic E-state index is -4.49. The number of halogens is 3. The van der Waals surface area contributed by atoms with Crippen LogP contribution in [0, 0.1) is 0 Å². The predicted octanol–water partition coefficient (Wildman–Crippen LogP) is 5.92. The maximum atomic E-state index is 13.6. The zero-order valence-corrected chi connectivity index (χ0v) is 26.3. The molecule has 246 valence electrons. The molecular formula is C37H37F3N2O5. The first-order valence-corrected chi connectivity index (χ1v) is 16.1. The molecule has 1 N–H and O–H groups in total. The summed E-state index contributed by atoms with van der Waals surface area (Å²) in [6.07, 6.45) is 0.559. The van der Waals surface area contributed by atoms with Crippen molar-refractivity contribution >= 4 is 18.0 Å². The van der Waals surface area contributed by atoms with E-state index in [0.717, 1.165) is 42.8 Å². The van der Waals surface area contributed by atoms with Crippen LogP contribution in [0.4, 0.5) is 13.2 Å². The number of likely N-dealkylation sites (N-methyl/N-ethyl adjacent to an activating group) is 1. The van der Waals surface area contributed by atoms with E-state index in [2.05, 4.69) is 17.0 Å². The minimum Gasteiger partial charge on any atom is -0.504 e. The fraction of sp³-hybridized carbons (Fsp3) is 0.405. The summed E-state index contributed by atoms with van der Waals surface area (Å²) in [5, 5.41) is 11.0. The first kappa shape index (κ1) is 31.3. The number of hydrogen-bond donors (Lipinski definition) is 1. The molecule has 2 aliphatic carbocycles. The molecule has 1 saturated carbocycles. The van der Waals surface area contributed by atoms with E-state index in [4.69, 9.17) is 9.47 Å². The first-order valence-electron chi connectivity index (χ1n) is 16.1. The molecule has 4 aliphatic rings. The molecule has 1 spiro atoms. The highest BCUT2D eigenvalue weighted by molar-refractivity contribution is 5.92. The number of phenolic OH excluding ortho intramolecular Hbond substituents is 1. The lowest BCUT2D eigenvalue weighted by Crippen LogP contribution is -2.79. The van der Waals surface area contributed by atoms with Crippen molar-refractivity contribution in [3.8, 4) is 11.5 Å². The van der Waals surface area contributed by atoms with Gasteiger partial charge >= 0.3 is 12.1 Å². The summed E-state index contributed by atoms with van der Waals surface area (Å²) in [5.74, 6) is -0.388. The van der Waals surface area contributed by atoms with Crippen molar-refractivity contribution in [3.05, 3.63) is 101 Å². The summed E-state index contributed by atoms with van der Waals surface area (Å²) >= 11 is 0. The molecule has 0 unspecified atom stereocenters. The van der Waals surface area contributed by atoms with Gasteiger partial charge in [0.2, 0.25) is 5.91 Å². The molecule has 2 heterocycles. The van der Waals surface area contributed by atoms with Crippen molar-refractivity contribution in [3.63, 3.8) is 0 Å². The van der Waals surface area contributed by atoms with Crippen molar-refractivity contribution < 1.29 is 37.3 Å². The molecular weight excluding hydrogens is 609 g/mol. The van der Waals surface area contributed by atoms with Crippen molar-refractivity contribution in [1.82, 2.24) is 9.80 Å². The molecule has 47 heavy (non-hydrogen) atoms. The van der Waals surface area contributed by atoms with Gasteiger partial charge in [-0.3, -0.25) is 14.5 Å². The van der Waals surface area contributed by atoms with Crippen LogP contribution in [0.25, 0.3) is 6.08 Å². The van der Waals surface area contributed by atoms with Crippen LogP contribution in [0.15, 0.2) is 72.8 Å². The van der Waals surface area contributed by atoms with Gasteiger partial charge in [0.1, 0.15) is 11.7 Å². The largest absolute Gasteiger partial charge is 0.504 e. The Hall–Kier alpha value is -4.31. The van der Waals surface area contributed by atoms with Crippen LogP contribution in [0.5, 0.6) is 11.5 Å². The van der Waals surface area contributed by atoms with Gasteiger partial charge in [-0.1, -0.05) is 48.5 Å². The van der Waals surface area contributed by atoms with E-state index in [1.54, 1.807) is 18.0 Å². The number of carbonyl (C=O) groups excluding carboxylic acids is 2. The van der Waals surface area contributed by atoms with Crippen LogP contribution in [0.1, 0.15) is 54.0 Å². The number of piperidine rings is 1. The molecule has 0 radical (unpaired) electrons. The molecule has 7 rings (SSSR count). The van der Waals surface area contributed by atoms with Gasteiger partial charge in [-0.05, 0) is 79.6 Å². The fourth-order valence-electron chi connectivity index (χ4n) is 8.89. The smallest absolute Gasteiger partial charge is 0.416 e. The molecule has 1 saturated heterocycles. The van der Waals surface area contributed by atoms with E-state index >= 15 is 0 Å². The maximum absolute atomic E-state index is 13.6. The number of esters is 1. The number of ether oxygens (including phenoxy) is 2. The molecule has 10 heteroatoms. The van der Waals surface area contributed by atoms with Gasteiger partial charge < -0.3 is 19.5 Å². The van der Waals surface area contributed by atoms with Gasteiger partial charge in [0.05, 0.1) is 23.1 Å². The average molecular weight is 647 g/mol. The van der Waals surface area contributed by atoms with Gasteiger partial charge in [-0.25, -0.2) is 0 Å². The topological polar surface area (TPSA) is 79.3 Å². The van der Waals surface area contributed by atoms with E-state index in [-0.39, 0.29) is 29.2 Å². The standard InChI is InChI=1S/C37H37F3N2O5/c1-23(43)47-36-17-15-28(41(2)31(45)14-11-25-9-6-10-27(21-25)37(38,39)40)34-35(36)18-20-42(19-16-24-7-4-3-5-8-24)30(36)22-26-12-13-29(44)33(46-34)32(26)35/h3-14,21,28,30,34,44H,15-20,22H2,1-2H3/t28-,30+,34-,35-,36+/m0/s1. The molecule has 3 aromatic rings. The molecule has 5 atom stereocenters. The summed E-state index contributed by atoms with van der Waals surface area (Å²) in [6, 6.07) is 18.1. The number of likely N-dealkylation sites (tertiary alicyclic amines) is 1. The molecule has 2 bridgehead atoms. The third-order valence-corrected chi connectivity index (χ3v) is 10.8. The fourth-order valence-corrected chi connectivity index (χ4v) is 8.89. The summed E-state index contributed by atoms with van der Waals surface area (Å²) in [4.78, 5) is 30.5. The Morgan fingerprint density at radius 3 is 2.64 bits per heavy atom. The second-order valence-corrected chi connectivity index (χ2v) is 13.2. The number of hydrogen-bond acceptors (Lipinski definition) is 6. The van der Waals surface area contributed by atoms with Crippen LogP contribution in [-0.4, -0.2) is 70.7 Å². The molecule has 7 nitrogen and oxygen atoms in total. The van der Waals surface area contributed by atoms with Crippen molar-refractivity contribution in [1.29, 1.82) is 0 Å². The Morgan fingerprint density at radius 2 is 1.89 bits per heavy atom. The van der Waals surface area contributed by atoms with Gasteiger partial charge in [-0.15, -0.1) is 0 Å². The van der Waals surface area contributed by atoms with E-state index in [0.29, 0.717) is 31.4 Å². The number of phenols is 1. The number of alkyl halides is 3. The van der Waals surface area contributed by atoms with E-state index in [1.165, 1.54) is 36.8 Å². The number of benzene rings is 3. The molecule has 3 aromatic carbocycles. The van der Waals surface area contributed by atoms with Gasteiger partial charge in [0, 0.05) is 32.2 Å². The lowest BCUT2D eigenvalue weighted by atomic mass is 9.48. The third-order valence-electron chi connectivity index (χ3n) is 10.8. The Balaban J connectivity index is 1.24. The SMILES string of the molecule is CC(=O)O[C@@]12CC[C@H](N(C)C(=O)C=Cc3cccc(C(F)(F)F)c3)[C@@H]3Oc4c(O)ccc5c4[C@@]31CCN(CCc1ccccc1)[C@@H]2C5.